The first kappa shape index (κ1) is 23.5. The van der Waals surface area contributed by atoms with Crippen LogP contribution in [0.15, 0.2) is 54.9 Å². The van der Waals surface area contributed by atoms with Crippen molar-refractivity contribution in [3.05, 3.63) is 60.4 Å². The summed E-state index contributed by atoms with van der Waals surface area (Å²) >= 11 is 0. The second-order valence-electron chi connectivity index (χ2n) is 9.28. The Morgan fingerprint density at radius 3 is 2.74 bits per heavy atom. The molecule has 0 saturated heterocycles. The molecule has 2 aromatic heterocycles. The predicted octanol–water partition coefficient (Wildman–Crippen LogP) is 5.90. The molecule has 4 rings (SSSR count). The Morgan fingerprint density at radius 1 is 1.18 bits per heavy atom. The molecule has 7 nitrogen and oxygen atoms in total. The number of amides is 2. The van der Waals surface area contributed by atoms with Gasteiger partial charge in [0, 0.05) is 30.5 Å². The molecule has 1 N–H and O–H groups in total. The molecule has 34 heavy (non-hydrogen) atoms. The number of hydrogen-bond donors (Lipinski definition) is 1. The fourth-order valence-electron chi connectivity index (χ4n) is 4.24. The minimum absolute atomic E-state index is 0.261. The van der Waals surface area contributed by atoms with Gasteiger partial charge in [0.05, 0.1) is 24.1 Å². The number of hydrogen-bond acceptors (Lipinski definition) is 5. The first-order valence-electron chi connectivity index (χ1n) is 11.9. The lowest BCUT2D eigenvalue weighted by atomic mass is 10.1. The molecule has 0 saturated carbocycles. The van der Waals surface area contributed by atoms with E-state index in [9.17, 15) is 4.79 Å². The fraction of sp³-hybridized carbons (Fsp3) is 0.370. The van der Waals surface area contributed by atoms with Crippen LogP contribution in [0.3, 0.4) is 0 Å². The number of aryl methyl sites for hydroxylation is 1. The number of anilines is 3. The summed E-state index contributed by atoms with van der Waals surface area (Å²) in [6, 6.07) is 13.9. The predicted molar refractivity (Wildman–Crippen MR) is 138 cm³/mol. The molecule has 0 bridgehead atoms. The molecule has 3 aromatic rings. The normalized spacial score (nSPS) is 14.2. The smallest absolute Gasteiger partial charge is 0.327 e. The van der Waals surface area contributed by atoms with Crippen molar-refractivity contribution in [2.75, 3.05) is 34.8 Å². The van der Waals surface area contributed by atoms with Crippen LogP contribution in [0.2, 0.25) is 0 Å². The summed E-state index contributed by atoms with van der Waals surface area (Å²) in [5.74, 6) is 1.11. The van der Waals surface area contributed by atoms with E-state index in [0.29, 0.717) is 23.8 Å². The van der Waals surface area contributed by atoms with Crippen LogP contribution in [0.4, 0.5) is 22.0 Å². The SMILES string of the molecule is CCCN(CC)c1cccc(-c2ccc3c(n2)N(C(=O)Nc2cncc(C)c2)CC(C)(C)O3)c1. The molecule has 0 aliphatic carbocycles. The van der Waals surface area contributed by atoms with Crippen molar-refractivity contribution in [3.63, 3.8) is 0 Å². The van der Waals surface area contributed by atoms with Crippen molar-refractivity contribution in [1.82, 2.24) is 9.97 Å². The van der Waals surface area contributed by atoms with Crippen molar-refractivity contribution >= 4 is 23.2 Å². The van der Waals surface area contributed by atoms with E-state index in [0.717, 1.165) is 36.3 Å². The number of nitrogens with one attached hydrogen (secondary N) is 1. The summed E-state index contributed by atoms with van der Waals surface area (Å²) in [7, 11) is 0. The number of carbonyl (C=O) groups is 1. The highest BCUT2D eigenvalue weighted by Crippen LogP contribution is 2.38. The van der Waals surface area contributed by atoms with E-state index in [-0.39, 0.29) is 6.03 Å². The van der Waals surface area contributed by atoms with Gasteiger partial charge in [0.1, 0.15) is 5.60 Å². The zero-order valence-corrected chi connectivity index (χ0v) is 20.6. The molecular weight excluding hydrogens is 426 g/mol. The third-order valence-corrected chi connectivity index (χ3v) is 5.77. The monoisotopic (exact) mass is 459 g/mol. The molecule has 0 spiro atoms. The zero-order chi connectivity index (χ0) is 24.3. The molecule has 0 unspecified atom stereocenters. The van der Waals surface area contributed by atoms with Gasteiger partial charge in [-0.05, 0) is 70.0 Å². The third kappa shape index (κ3) is 5.14. The number of benzene rings is 1. The summed E-state index contributed by atoms with van der Waals surface area (Å²) in [5.41, 5.74) is 4.05. The van der Waals surface area contributed by atoms with E-state index in [4.69, 9.17) is 9.72 Å². The van der Waals surface area contributed by atoms with Crippen molar-refractivity contribution < 1.29 is 9.53 Å². The van der Waals surface area contributed by atoms with Crippen LogP contribution in [0.25, 0.3) is 11.3 Å². The number of carbonyl (C=O) groups excluding carboxylic acids is 1. The molecule has 3 heterocycles. The topological polar surface area (TPSA) is 70.6 Å². The number of nitrogens with zero attached hydrogens (tertiary/aromatic N) is 4. The lowest BCUT2D eigenvalue weighted by Gasteiger charge is -2.38. The Kier molecular flexibility index (Phi) is 6.72. The summed E-state index contributed by atoms with van der Waals surface area (Å²) in [4.78, 5) is 26.4. The van der Waals surface area contributed by atoms with Crippen LogP contribution < -0.4 is 19.9 Å². The second kappa shape index (κ2) is 9.71. The van der Waals surface area contributed by atoms with Crippen molar-refractivity contribution in [3.8, 4) is 17.0 Å². The molecule has 178 valence electrons. The molecule has 0 fully saturated rings. The standard InChI is InChI=1S/C27H33N5O2/c1-6-13-31(7-2)22-10-8-9-20(15-22)23-11-12-24-25(30-23)32(18-27(4,5)34-24)26(33)29-21-14-19(3)16-28-17-21/h8-12,14-17H,6-7,13,18H2,1-5H3,(H,29,33). The first-order valence-corrected chi connectivity index (χ1v) is 11.9. The van der Waals surface area contributed by atoms with E-state index in [1.54, 1.807) is 17.3 Å². The lowest BCUT2D eigenvalue weighted by molar-refractivity contribution is 0.106. The van der Waals surface area contributed by atoms with E-state index >= 15 is 0 Å². The quantitative estimate of drug-likeness (QED) is 0.497. The molecular formula is C27H33N5O2. The van der Waals surface area contributed by atoms with Crippen LogP contribution in [-0.2, 0) is 0 Å². The van der Waals surface area contributed by atoms with Crippen LogP contribution in [-0.4, -0.2) is 41.2 Å². The van der Waals surface area contributed by atoms with E-state index in [1.807, 2.05) is 39.0 Å². The number of pyridine rings is 2. The Morgan fingerprint density at radius 2 is 2.00 bits per heavy atom. The number of urea groups is 1. The Bertz CT molecular complexity index is 1180. The number of rotatable bonds is 6. The van der Waals surface area contributed by atoms with Gasteiger partial charge in [-0.3, -0.25) is 9.88 Å². The minimum atomic E-state index is -0.542. The lowest BCUT2D eigenvalue weighted by Crippen LogP contribution is -2.51. The van der Waals surface area contributed by atoms with Crippen LogP contribution in [0.1, 0.15) is 39.7 Å². The van der Waals surface area contributed by atoms with Gasteiger partial charge in [-0.1, -0.05) is 19.1 Å². The zero-order valence-electron chi connectivity index (χ0n) is 20.6. The van der Waals surface area contributed by atoms with Gasteiger partial charge in [0.25, 0.3) is 0 Å². The van der Waals surface area contributed by atoms with Gasteiger partial charge < -0.3 is 15.0 Å². The van der Waals surface area contributed by atoms with Crippen LogP contribution in [0.5, 0.6) is 5.75 Å². The third-order valence-electron chi connectivity index (χ3n) is 5.77. The molecule has 1 aliphatic heterocycles. The Balaban J connectivity index is 1.68. The van der Waals surface area contributed by atoms with E-state index in [1.165, 1.54) is 5.69 Å². The average Bonchev–Trinajstić information content (AvgIpc) is 2.81. The summed E-state index contributed by atoms with van der Waals surface area (Å²) in [6.45, 7) is 12.6. The first-order chi connectivity index (χ1) is 16.3. The Labute approximate surface area is 201 Å². The minimum Gasteiger partial charge on any atom is -0.482 e. The maximum atomic E-state index is 13.3. The maximum Gasteiger partial charge on any atom is 0.327 e. The Hall–Kier alpha value is -3.61. The highest BCUT2D eigenvalue weighted by Gasteiger charge is 2.36. The van der Waals surface area contributed by atoms with Crippen LogP contribution in [0, 0.1) is 6.92 Å². The van der Waals surface area contributed by atoms with Crippen molar-refractivity contribution in [1.29, 1.82) is 0 Å². The number of aromatic nitrogens is 2. The molecule has 0 atom stereocenters. The molecule has 2 amide bonds. The van der Waals surface area contributed by atoms with Gasteiger partial charge in [-0.25, -0.2) is 9.78 Å². The van der Waals surface area contributed by atoms with Gasteiger partial charge in [-0.2, -0.15) is 0 Å². The van der Waals surface area contributed by atoms with Crippen molar-refractivity contribution in [2.45, 2.75) is 46.6 Å². The summed E-state index contributed by atoms with van der Waals surface area (Å²) < 4.78 is 6.17. The van der Waals surface area contributed by atoms with Gasteiger partial charge in [-0.15, -0.1) is 0 Å². The average molecular weight is 460 g/mol. The van der Waals surface area contributed by atoms with E-state index in [2.05, 4.69) is 53.3 Å². The largest absolute Gasteiger partial charge is 0.482 e. The summed E-state index contributed by atoms with van der Waals surface area (Å²) in [6.07, 6.45) is 4.48. The number of fused-ring (bicyclic) bond motifs is 1. The van der Waals surface area contributed by atoms with Gasteiger partial charge >= 0.3 is 6.03 Å². The van der Waals surface area contributed by atoms with Crippen LogP contribution >= 0.6 is 0 Å². The molecule has 1 aromatic carbocycles. The van der Waals surface area contributed by atoms with Crippen molar-refractivity contribution in [2.24, 2.45) is 0 Å². The van der Waals surface area contributed by atoms with Gasteiger partial charge in [0.15, 0.2) is 11.6 Å². The maximum absolute atomic E-state index is 13.3. The fourth-order valence-corrected chi connectivity index (χ4v) is 4.24. The number of ether oxygens (including phenoxy) is 1. The summed E-state index contributed by atoms with van der Waals surface area (Å²) in [5, 5.41) is 2.96. The van der Waals surface area contributed by atoms with E-state index < -0.39 is 5.60 Å². The molecule has 7 heteroatoms. The highest BCUT2D eigenvalue weighted by atomic mass is 16.5. The molecule has 1 aliphatic rings. The molecule has 0 radical (unpaired) electrons. The highest BCUT2D eigenvalue weighted by molar-refractivity contribution is 6.02. The second-order valence-corrected chi connectivity index (χ2v) is 9.28. The van der Waals surface area contributed by atoms with Gasteiger partial charge in [0.2, 0.25) is 0 Å².